The van der Waals surface area contributed by atoms with Crippen LogP contribution in [0.25, 0.3) is 55.8 Å². The van der Waals surface area contributed by atoms with Crippen molar-refractivity contribution in [2.45, 2.75) is 0 Å². The zero-order valence-electron chi connectivity index (χ0n) is 16.8. The van der Waals surface area contributed by atoms with E-state index in [0.29, 0.717) is 28.5 Å². The SMILES string of the molecule is [c]1nc(-c2nccc3ccccc23)c(-c2ccc3ccccc3n2)nc1-c1cccnn1. The van der Waals surface area contributed by atoms with E-state index in [9.17, 15) is 0 Å². The molecule has 0 fully saturated rings. The zero-order chi connectivity index (χ0) is 21.3. The van der Waals surface area contributed by atoms with Crippen LogP contribution in [-0.2, 0) is 0 Å². The number of rotatable bonds is 3. The van der Waals surface area contributed by atoms with Crippen LogP contribution < -0.4 is 0 Å². The highest BCUT2D eigenvalue weighted by atomic mass is 15.1. The zero-order valence-corrected chi connectivity index (χ0v) is 16.8. The molecule has 0 aliphatic carbocycles. The second kappa shape index (κ2) is 7.59. The fraction of sp³-hybridized carbons (Fsp3) is 0. The van der Waals surface area contributed by atoms with Crippen molar-refractivity contribution in [3.63, 3.8) is 0 Å². The Hall–Kier alpha value is -4.58. The lowest BCUT2D eigenvalue weighted by molar-refractivity contribution is 1.02. The molecule has 6 nitrogen and oxygen atoms in total. The second-order valence-corrected chi connectivity index (χ2v) is 7.26. The molecule has 0 bridgehead atoms. The highest BCUT2D eigenvalue weighted by Crippen LogP contribution is 2.33. The van der Waals surface area contributed by atoms with Crippen molar-refractivity contribution in [2.75, 3.05) is 0 Å². The van der Waals surface area contributed by atoms with E-state index in [-0.39, 0.29) is 0 Å². The molecule has 4 heterocycles. The number of nitrogens with zero attached hydrogens (tertiary/aromatic N) is 6. The molecule has 32 heavy (non-hydrogen) atoms. The van der Waals surface area contributed by atoms with Crippen molar-refractivity contribution in [3.05, 3.63) is 97.5 Å². The Labute approximate surface area is 183 Å². The van der Waals surface area contributed by atoms with Gasteiger partial charge in [0.2, 0.25) is 0 Å². The Morgan fingerprint density at radius 2 is 1.47 bits per heavy atom. The number of aromatic nitrogens is 6. The van der Waals surface area contributed by atoms with E-state index >= 15 is 0 Å². The van der Waals surface area contributed by atoms with Crippen LogP contribution in [0.1, 0.15) is 0 Å². The minimum atomic E-state index is 0.507. The number of fused-ring (bicyclic) bond motifs is 2. The van der Waals surface area contributed by atoms with Crippen molar-refractivity contribution in [2.24, 2.45) is 0 Å². The summed E-state index contributed by atoms with van der Waals surface area (Å²) in [5.74, 6) is 0. The maximum Gasteiger partial charge on any atom is 0.120 e. The van der Waals surface area contributed by atoms with Gasteiger partial charge in [-0.25, -0.2) is 15.0 Å². The molecule has 0 saturated carbocycles. The number of hydrogen-bond acceptors (Lipinski definition) is 6. The maximum absolute atomic E-state index is 4.88. The lowest BCUT2D eigenvalue weighted by Crippen LogP contribution is -2.01. The van der Waals surface area contributed by atoms with Gasteiger partial charge < -0.3 is 0 Å². The van der Waals surface area contributed by atoms with Gasteiger partial charge in [0, 0.05) is 23.2 Å². The highest BCUT2D eigenvalue weighted by molar-refractivity contribution is 5.96. The molecule has 0 N–H and O–H groups in total. The van der Waals surface area contributed by atoms with E-state index in [1.165, 1.54) is 0 Å². The molecule has 1 radical (unpaired) electrons. The summed E-state index contributed by atoms with van der Waals surface area (Å²) in [4.78, 5) is 19.1. The molecule has 0 aliphatic heterocycles. The summed E-state index contributed by atoms with van der Waals surface area (Å²) >= 11 is 0. The third-order valence-corrected chi connectivity index (χ3v) is 5.28. The Kier molecular flexibility index (Phi) is 4.32. The molecule has 149 valence electrons. The average molecular weight is 411 g/mol. The molecule has 0 atom stereocenters. The molecule has 0 aliphatic rings. The lowest BCUT2D eigenvalue weighted by atomic mass is 10.0. The molecule has 2 aromatic carbocycles. The van der Waals surface area contributed by atoms with Crippen LogP contribution >= 0.6 is 0 Å². The molecule has 0 unspecified atom stereocenters. The summed E-state index contributed by atoms with van der Waals surface area (Å²) < 4.78 is 0. The molecule has 6 aromatic rings. The standard InChI is InChI=1S/C26H15N6/c1-3-8-19-17(6-1)13-15-27-24(19)26-25(22-12-11-18-7-2-4-9-20(18)30-22)31-23(16-28-26)21-10-5-14-29-32-21/h1-15H. The fourth-order valence-electron chi connectivity index (χ4n) is 3.74. The van der Waals surface area contributed by atoms with Gasteiger partial charge in [-0.05, 0) is 35.7 Å². The number of pyridine rings is 2. The first-order valence-electron chi connectivity index (χ1n) is 10.1. The third kappa shape index (κ3) is 3.15. The van der Waals surface area contributed by atoms with Crippen LogP contribution in [0.5, 0.6) is 0 Å². The third-order valence-electron chi connectivity index (χ3n) is 5.28. The van der Waals surface area contributed by atoms with Gasteiger partial charge in [0.1, 0.15) is 29.0 Å². The average Bonchev–Trinajstić information content (AvgIpc) is 2.88. The van der Waals surface area contributed by atoms with Gasteiger partial charge in [0.05, 0.1) is 16.9 Å². The molecule has 6 heteroatoms. The van der Waals surface area contributed by atoms with Crippen molar-refractivity contribution in [1.29, 1.82) is 0 Å². The summed E-state index contributed by atoms with van der Waals surface area (Å²) in [5, 5.41) is 11.3. The summed E-state index contributed by atoms with van der Waals surface area (Å²) in [7, 11) is 0. The predicted molar refractivity (Wildman–Crippen MR) is 123 cm³/mol. The molecular weight excluding hydrogens is 396 g/mol. The fourth-order valence-corrected chi connectivity index (χ4v) is 3.74. The number of para-hydroxylation sites is 1. The first-order valence-corrected chi connectivity index (χ1v) is 10.1. The Balaban J connectivity index is 1.63. The molecule has 4 aromatic heterocycles. The largest absolute Gasteiger partial charge is 0.254 e. The number of benzene rings is 2. The minimum absolute atomic E-state index is 0.507. The van der Waals surface area contributed by atoms with Crippen LogP contribution in [0.4, 0.5) is 0 Å². The Morgan fingerprint density at radius 3 is 2.38 bits per heavy atom. The Bertz CT molecular complexity index is 1580. The van der Waals surface area contributed by atoms with Gasteiger partial charge >= 0.3 is 0 Å². The summed E-state index contributed by atoms with van der Waals surface area (Å²) in [6.07, 6.45) is 6.44. The van der Waals surface area contributed by atoms with Crippen LogP contribution in [0, 0.1) is 6.20 Å². The van der Waals surface area contributed by atoms with E-state index in [1.54, 1.807) is 12.4 Å². The van der Waals surface area contributed by atoms with E-state index in [0.717, 1.165) is 27.4 Å². The second-order valence-electron chi connectivity index (χ2n) is 7.26. The smallest absolute Gasteiger partial charge is 0.120 e. The molecule has 0 amide bonds. The van der Waals surface area contributed by atoms with Gasteiger partial charge in [0.15, 0.2) is 0 Å². The summed E-state index contributed by atoms with van der Waals surface area (Å²) in [6.45, 7) is 0. The maximum atomic E-state index is 4.88. The number of hydrogen-bond donors (Lipinski definition) is 0. The van der Waals surface area contributed by atoms with Crippen LogP contribution in [-0.4, -0.2) is 30.1 Å². The van der Waals surface area contributed by atoms with Crippen molar-refractivity contribution >= 4 is 21.7 Å². The van der Waals surface area contributed by atoms with E-state index in [1.807, 2.05) is 72.8 Å². The lowest BCUT2D eigenvalue weighted by Gasteiger charge is -2.11. The van der Waals surface area contributed by atoms with E-state index in [2.05, 4.69) is 32.4 Å². The van der Waals surface area contributed by atoms with E-state index in [4.69, 9.17) is 9.97 Å². The van der Waals surface area contributed by atoms with Gasteiger partial charge in [-0.15, -0.1) is 5.10 Å². The molecule has 0 saturated heterocycles. The van der Waals surface area contributed by atoms with Gasteiger partial charge in [-0.1, -0.05) is 48.5 Å². The minimum Gasteiger partial charge on any atom is -0.254 e. The summed E-state index contributed by atoms with van der Waals surface area (Å²) in [6, 6.07) is 25.7. The van der Waals surface area contributed by atoms with Gasteiger partial charge in [-0.2, -0.15) is 5.10 Å². The van der Waals surface area contributed by atoms with Crippen molar-refractivity contribution < 1.29 is 0 Å². The van der Waals surface area contributed by atoms with E-state index < -0.39 is 0 Å². The monoisotopic (exact) mass is 411 g/mol. The van der Waals surface area contributed by atoms with Crippen molar-refractivity contribution in [3.8, 4) is 34.2 Å². The first kappa shape index (κ1) is 18.2. The molecular formula is C26H15N6. The quantitative estimate of drug-likeness (QED) is 0.400. The van der Waals surface area contributed by atoms with Crippen LogP contribution in [0.3, 0.4) is 0 Å². The van der Waals surface area contributed by atoms with Gasteiger partial charge in [0.25, 0.3) is 0 Å². The Morgan fingerprint density at radius 1 is 0.594 bits per heavy atom. The highest BCUT2D eigenvalue weighted by Gasteiger charge is 2.18. The van der Waals surface area contributed by atoms with Crippen molar-refractivity contribution in [1.82, 2.24) is 30.1 Å². The van der Waals surface area contributed by atoms with Gasteiger partial charge in [-0.3, -0.25) is 4.98 Å². The normalized spacial score (nSPS) is 11.1. The molecule has 0 spiro atoms. The predicted octanol–water partition coefficient (Wildman–Crippen LogP) is 5.16. The van der Waals surface area contributed by atoms with Crippen LogP contribution in [0.2, 0.25) is 0 Å². The van der Waals surface area contributed by atoms with Crippen LogP contribution in [0.15, 0.2) is 91.3 Å². The molecule has 6 rings (SSSR count). The summed E-state index contributed by atoms with van der Waals surface area (Å²) in [5.41, 5.74) is 4.68. The topological polar surface area (TPSA) is 77.3 Å². The first-order chi connectivity index (χ1) is 15.9.